The van der Waals surface area contributed by atoms with Crippen molar-refractivity contribution in [2.45, 2.75) is 12.8 Å². The second-order valence-electron chi connectivity index (χ2n) is 3.61. The van der Waals surface area contributed by atoms with Crippen LogP contribution in [-0.4, -0.2) is 26.8 Å². The van der Waals surface area contributed by atoms with E-state index in [0.29, 0.717) is 25.3 Å². The molecule has 1 aromatic carbocycles. The van der Waals surface area contributed by atoms with E-state index in [0.717, 1.165) is 0 Å². The first-order chi connectivity index (χ1) is 8.13. The maximum absolute atomic E-state index is 13.8. The Morgan fingerprint density at radius 3 is 2.29 bits per heavy atom. The number of halogens is 3. The summed E-state index contributed by atoms with van der Waals surface area (Å²) in [7, 11) is 1.55. The molecule has 0 fully saturated rings. The van der Waals surface area contributed by atoms with Crippen LogP contribution in [-0.2, 0) is 10.6 Å². The van der Waals surface area contributed by atoms with Crippen LogP contribution in [0.25, 0.3) is 0 Å². The number of ether oxygens (including phenoxy) is 1. The molecule has 0 aliphatic rings. The molecule has 1 rings (SSSR count). The van der Waals surface area contributed by atoms with Crippen molar-refractivity contribution in [1.29, 1.82) is 0 Å². The Morgan fingerprint density at radius 2 is 1.88 bits per heavy atom. The van der Waals surface area contributed by atoms with Gasteiger partial charge in [0.1, 0.15) is 17.3 Å². The van der Waals surface area contributed by atoms with E-state index in [2.05, 4.69) is 0 Å². The molecule has 0 aliphatic carbocycles. The summed E-state index contributed by atoms with van der Waals surface area (Å²) in [6, 6.07) is 2.53. The first kappa shape index (κ1) is 14.2. The van der Waals surface area contributed by atoms with Gasteiger partial charge in [-0.2, -0.15) is 0 Å². The minimum absolute atomic E-state index is 0.0154. The number of anilines is 1. The van der Waals surface area contributed by atoms with Gasteiger partial charge in [-0.25, -0.2) is 8.78 Å². The summed E-state index contributed by atoms with van der Waals surface area (Å²) >= 11 is 5.55. The van der Waals surface area contributed by atoms with Crippen LogP contribution in [0.2, 0.25) is 0 Å². The molecule has 0 amide bonds. The summed E-state index contributed by atoms with van der Waals surface area (Å²) in [5, 5.41) is 0. The lowest BCUT2D eigenvalue weighted by molar-refractivity contribution is 0.205. The van der Waals surface area contributed by atoms with Gasteiger partial charge in [-0.15, -0.1) is 11.6 Å². The highest BCUT2D eigenvalue weighted by Crippen LogP contribution is 2.25. The summed E-state index contributed by atoms with van der Waals surface area (Å²) in [6.07, 6.45) is 0. The van der Waals surface area contributed by atoms with Gasteiger partial charge in [0.25, 0.3) is 0 Å². The zero-order chi connectivity index (χ0) is 12.8. The zero-order valence-electron chi connectivity index (χ0n) is 9.97. The van der Waals surface area contributed by atoms with Crippen molar-refractivity contribution < 1.29 is 13.5 Å². The fourth-order valence-corrected chi connectivity index (χ4v) is 1.78. The average Bonchev–Trinajstić information content (AvgIpc) is 2.32. The van der Waals surface area contributed by atoms with Crippen LogP contribution in [0.4, 0.5) is 14.5 Å². The lowest BCUT2D eigenvalue weighted by Gasteiger charge is -2.24. The third-order valence-corrected chi connectivity index (χ3v) is 2.80. The number of methoxy groups -OCH3 is 1. The summed E-state index contributed by atoms with van der Waals surface area (Å²) in [6.45, 7) is 3.21. The molecule has 2 nitrogen and oxygen atoms in total. The van der Waals surface area contributed by atoms with Crippen molar-refractivity contribution in [2.24, 2.45) is 0 Å². The highest BCUT2D eigenvalue weighted by molar-refractivity contribution is 6.17. The molecule has 0 aliphatic heterocycles. The minimum atomic E-state index is -0.585. The number of benzene rings is 1. The molecule has 0 saturated carbocycles. The molecular formula is C12H16ClF2NO. The van der Waals surface area contributed by atoms with E-state index < -0.39 is 11.6 Å². The summed E-state index contributed by atoms with van der Waals surface area (Å²) < 4.78 is 32.5. The largest absolute Gasteiger partial charge is 0.383 e. The molecule has 0 radical (unpaired) electrons. The van der Waals surface area contributed by atoms with Gasteiger partial charge in [-0.3, -0.25) is 0 Å². The molecule has 0 bridgehead atoms. The van der Waals surface area contributed by atoms with Crippen LogP contribution < -0.4 is 4.90 Å². The van der Waals surface area contributed by atoms with E-state index in [4.69, 9.17) is 16.3 Å². The van der Waals surface area contributed by atoms with Gasteiger partial charge in [0.2, 0.25) is 0 Å². The van der Waals surface area contributed by atoms with Crippen LogP contribution in [0.1, 0.15) is 12.5 Å². The van der Waals surface area contributed by atoms with Crippen molar-refractivity contribution >= 4 is 17.3 Å². The van der Waals surface area contributed by atoms with E-state index in [1.807, 2.05) is 6.92 Å². The van der Waals surface area contributed by atoms with Gasteiger partial charge in [-0.05, 0) is 24.6 Å². The van der Waals surface area contributed by atoms with Gasteiger partial charge in [-0.1, -0.05) is 0 Å². The second-order valence-corrected chi connectivity index (χ2v) is 3.88. The van der Waals surface area contributed by atoms with E-state index in [1.54, 1.807) is 12.0 Å². The third-order valence-electron chi connectivity index (χ3n) is 2.49. The summed E-state index contributed by atoms with van der Waals surface area (Å²) in [5.74, 6) is -1.07. The summed E-state index contributed by atoms with van der Waals surface area (Å²) in [5.41, 5.74) is 0.423. The summed E-state index contributed by atoms with van der Waals surface area (Å²) in [4.78, 5) is 1.60. The Labute approximate surface area is 105 Å². The van der Waals surface area contributed by atoms with Gasteiger partial charge in [0.15, 0.2) is 0 Å². The Kier molecular flexibility index (Phi) is 5.65. The SMILES string of the molecule is CCN(CCOC)c1c(F)cc(CCl)cc1F. The number of nitrogens with zero attached hydrogens (tertiary/aromatic N) is 1. The molecule has 0 N–H and O–H groups in total. The second kappa shape index (κ2) is 6.77. The van der Waals surface area contributed by atoms with Gasteiger partial charge in [0, 0.05) is 26.1 Å². The standard InChI is InChI=1S/C12H16ClF2NO/c1-3-16(4-5-17-2)12-10(14)6-9(8-13)7-11(12)15/h6-7H,3-5,8H2,1-2H3. The topological polar surface area (TPSA) is 12.5 Å². The van der Waals surface area contributed by atoms with Crippen LogP contribution >= 0.6 is 11.6 Å². The Bertz CT molecular complexity index is 351. The molecule has 0 atom stereocenters. The van der Waals surface area contributed by atoms with E-state index in [1.165, 1.54) is 12.1 Å². The number of hydrogen-bond acceptors (Lipinski definition) is 2. The third kappa shape index (κ3) is 3.54. The Morgan fingerprint density at radius 1 is 1.29 bits per heavy atom. The fraction of sp³-hybridized carbons (Fsp3) is 0.500. The molecular weight excluding hydrogens is 248 g/mol. The van der Waals surface area contributed by atoms with E-state index in [-0.39, 0.29) is 11.6 Å². The maximum atomic E-state index is 13.8. The van der Waals surface area contributed by atoms with Crippen molar-refractivity contribution in [3.05, 3.63) is 29.3 Å². The fourth-order valence-electron chi connectivity index (χ4n) is 1.63. The molecule has 0 heterocycles. The first-order valence-electron chi connectivity index (χ1n) is 5.41. The zero-order valence-corrected chi connectivity index (χ0v) is 10.7. The quantitative estimate of drug-likeness (QED) is 0.731. The predicted molar refractivity (Wildman–Crippen MR) is 65.7 cm³/mol. The number of rotatable bonds is 6. The van der Waals surface area contributed by atoms with Crippen molar-refractivity contribution in [3.63, 3.8) is 0 Å². The molecule has 5 heteroatoms. The van der Waals surface area contributed by atoms with Gasteiger partial charge in [0.05, 0.1) is 6.61 Å². The number of likely N-dealkylation sites (N-methyl/N-ethyl adjacent to an activating group) is 1. The van der Waals surface area contributed by atoms with Crippen LogP contribution in [0.3, 0.4) is 0 Å². The normalized spacial score (nSPS) is 10.6. The lowest BCUT2D eigenvalue weighted by atomic mass is 10.2. The monoisotopic (exact) mass is 263 g/mol. The molecule has 0 spiro atoms. The van der Waals surface area contributed by atoms with Crippen LogP contribution in [0, 0.1) is 11.6 Å². The van der Waals surface area contributed by atoms with Crippen molar-refractivity contribution in [2.75, 3.05) is 31.7 Å². The van der Waals surface area contributed by atoms with Crippen molar-refractivity contribution in [1.82, 2.24) is 0 Å². The van der Waals surface area contributed by atoms with E-state index in [9.17, 15) is 8.78 Å². The van der Waals surface area contributed by atoms with Gasteiger partial charge < -0.3 is 9.64 Å². The molecule has 0 aromatic heterocycles. The Hall–Kier alpha value is -0.870. The molecule has 96 valence electrons. The molecule has 1 aromatic rings. The number of hydrogen-bond donors (Lipinski definition) is 0. The average molecular weight is 264 g/mol. The first-order valence-corrected chi connectivity index (χ1v) is 5.95. The smallest absolute Gasteiger partial charge is 0.149 e. The lowest BCUT2D eigenvalue weighted by Crippen LogP contribution is -2.28. The van der Waals surface area contributed by atoms with Crippen molar-refractivity contribution in [3.8, 4) is 0 Å². The minimum Gasteiger partial charge on any atom is -0.383 e. The highest BCUT2D eigenvalue weighted by atomic mass is 35.5. The van der Waals surface area contributed by atoms with E-state index >= 15 is 0 Å². The Balaban J connectivity index is 3.02. The van der Waals surface area contributed by atoms with Gasteiger partial charge >= 0.3 is 0 Å². The highest BCUT2D eigenvalue weighted by Gasteiger charge is 2.16. The predicted octanol–water partition coefficient (Wildman–Crippen LogP) is 3.18. The molecule has 17 heavy (non-hydrogen) atoms. The molecule has 0 saturated heterocycles. The number of alkyl halides is 1. The van der Waals surface area contributed by atoms with Crippen LogP contribution in [0.15, 0.2) is 12.1 Å². The molecule has 0 unspecified atom stereocenters. The van der Waals surface area contributed by atoms with Crippen LogP contribution in [0.5, 0.6) is 0 Å². The maximum Gasteiger partial charge on any atom is 0.149 e.